The summed E-state index contributed by atoms with van der Waals surface area (Å²) in [5.41, 5.74) is 0.405. The smallest absolute Gasteiger partial charge is 0.331 e. The fraction of sp³-hybridized carbons (Fsp3) is 0.400. The SMILES string of the molecule is CC(=CCOCC=C(C)C(=O)O)C(=O)O. The van der Waals surface area contributed by atoms with Crippen molar-refractivity contribution >= 4 is 11.9 Å². The highest BCUT2D eigenvalue weighted by molar-refractivity contribution is 5.86. The lowest BCUT2D eigenvalue weighted by Crippen LogP contribution is -2.01. The molecular formula is C10H14O5. The summed E-state index contributed by atoms with van der Waals surface area (Å²) in [5, 5.41) is 17.0. The second-order valence-electron chi connectivity index (χ2n) is 2.92. The van der Waals surface area contributed by atoms with Crippen molar-refractivity contribution in [3.05, 3.63) is 23.3 Å². The van der Waals surface area contributed by atoms with Gasteiger partial charge in [0, 0.05) is 11.1 Å². The molecule has 0 saturated heterocycles. The summed E-state index contributed by atoms with van der Waals surface area (Å²) in [5.74, 6) is -1.98. The van der Waals surface area contributed by atoms with Crippen LogP contribution in [-0.4, -0.2) is 35.4 Å². The van der Waals surface area contributed by atoms with E-state index in [2.05, 4.69) is 0 Å². The fourth-order valence-corrected chi connectivity index (χ4v) is 0.611. The first-order valence-corrected chi connectivity index (χ1v) is 4.33. The Morgan fingerprint density at radius 2 is 1.33 bits per heavy atom. The van der Waals surface area contributed by atoms with Gasteiger partial charge in [0.2, 0.25) is 0 Å². The van der Waals surface area contributed by atoms with Crippen LogP contribution in [0.3, 0.4) is 0 Å². The van der Waals surface area contributed by atoms with Gasteiger partial charge in [0.25, 0.3) is 0 Å². The van der Waals surface area contributed by atoms with E-state index < -0.39 is 11.9 Å². The summed E-state index contributed by atoms with van der Waals surface area (Å²) < 4.78 is 5.00. The molecule has 0 heterocycles. The second kappa shape index (κ2) is 6.78. The number of carboxylic acids is 2. The van der Waals surface area contributed by atoms with Crippen LogP contribution in [0.15, 0.2) is 23.3 Å². The monoisotopic (exact) mass is 214 g/mol. The van der Waals surface area contributed by atoms with E-state index in [-0.39, 0.29) is 24.4 Å². The van der Waals surface area contributed by atoms with Gasteiger partial charge in [-0.3, -0.25) is 0 Å². The summed E-state index contributed by atoms with van der Waals surface area (Å²) in [6.07, 6.45) is 2.85. The molecule has 84 valence electrons. The molecule has 0 rings (SSSR count). The van der Waals surface area contributed by atoms with Crippen molar-refractivity contribution < 1.29 is 24.5 Å². The van der Waals surface area contributed by atoms with E-state index in [9.17, 15) is 9.59 Å². The third-order valence-corrected chi connectivity index (χ3v) is 1.69. The summed E-state index contributed by atoms with van der Waals surface area (Å²) in [6, 6.07) is 0. The Morgan fingerprint density at radius 1 is 1.00 bits per heavy atom. The summed E-state index contributed by atoms with van der Waals surface area (Å²) in [4.78, 5) is 20.7. The van der Waals surface area contributed by atoms with E-state index in [1.807, 2.05) is 0 Å². The van der Waals surface area contributed by atoms with Crippen LogP contribution in [0.1, 0.15) is 13.8 Å². The average Bonchev–Trinajstić information content (AvgIpc) is 2.16. The molecule has 5 heteroatoms. The lowest BCUT2D eigenvalue weighted by atomic mass is 10.3. The molecular weight excluding hydrogens is 200 g/mol. The number of carbonyl (C=O) groups is 2. The zero-order valence-corrected chi connectivity index (χ0v) is 8.69. The number of carboxylic acid groups (broad SMARTS) is 2. The molecule has 0 aliphatic heterocycles. The molecule has 0 aliphatic carbocycles. The maximum Gasteiger partial charge on any atom is 0.331 e. The third kappa shape index (κ3) is 6.45. The van der Waals surface area contributed by atoms with Crippen LogP contribution in [0.2, 0.25) is 0 Å². The second-order valence-corrected chi connectivity index (χ2v) is 2.92. The molecule has 0 aliphatic rings. The van der Waals surface area contributed by atoms with Crippen molar-refractivity contribution in [1.29, 1.82) is 0 Å². The Morgan fingerprint density at radius 3 is 1.60 bits per heavy atom. The third-order valence-electron chi connectivity index (χ3n) is 1.69. The lowest BCUT2D eigenvalue weighted by molar-refractivity contribution is -0.133. The van der Waals surface area contributed by atoms with Gasteiger partial charge >= 0.3 is 11.9 Å². The molecule has 15 heavy (non-hydrogen) atoms. The van der Waals surface area contributed by atoms with Crippen molar-refractivity contribution in [3.63, 3.8) is 0 Å². The van der Waals surface area contributed by atoms with E-state index in [1.165, 1.54) is 26.0 Å². The van der Waals surface area contributed by atoms with Crippen molar-refractivity contribution in [2.24, 2.45) is 0 Å². The Balaban J connectivity index is 3.83. The molecule has 2 N–H and O–H groups in total. The zero-order valence-electron chi connectivity index (χ0n) is 8.69. The maximum atomic E-state index is 10.3. The van der Waals surface area contributed by atoms with E-state index >= 15 is 0 Å². The minimum Gasteiger partial charge on any atom is -0.478 e. The van der Waals surface area contributed by atoms with Gasteiger partial charge in [-0.1, -0.05) is 0 Å². The van der Waals surface area contributed by atoms with Gasteiger partial charge in [-0.15, -0.1) is 0 Å². The highest BCUT2D eigenvalue weighted by Crippen LogP contribution is 1.94. The molecule has 0 aromatic rings. The van der Waals surface area contributed by atoms with Crippen LogP contribution in [0.25, 0.3) is 0 Å². The predicted octanol–water partition coefficient (Wildman–Crippen LogP) is 1.06. The highest BCUT2D eigenvalue weighted by Gasteiger charge is 1.99. The number of hydrogen-bond acceptors (Lipinski definition) is 3. The van der Waals surface area contributed by atoms with Crippen LogP contribution in [0.4, 0.5) is 0 Å². The Labute approximate surface area is 87.7 Å². The predicted molar refractivity (Wildman–Crippen MR) is 53.6 cm³/mol. The zero-order chi connectivity index (χ0) is 11.8. The normalized spacial score (nSPS) is 12.7. The minimum atomic E-state index is -0.990. The Bertz CT molecular complexity index is 271. The number of hydrogen-bond donors (Lipinski definition) is 2. The fourth-order valence-electron chi connectivity index (χ4n) is 0.611. The summed E-state index contributed by atoms with van der Waals surface area (Å²) in [6.45, 7) is 3.23. The van der Waals surface area contributed by atoms with Crippen molar-refractivity contribution in [3.8, 4) is 0 Å². The highest BCUT2D eigenvalue weighted by atomic mass is 16.5. The van der Waals surface area contributed by atoms with Crippen LogP contribution in [-0.2, 0) is 14.3 Å². The van der Waals surface area contributed by atoms with Gasteiger partial charge < -0.3 is 14.9 Å². The van der Waals surface area contributed by atoms with Crippen molar-refractivity contribution in [2.45, 2.75) is 13.8 Å². The van der Waals surface area contributed by atoms with Crippen LogP contribution < -0.4 is 0 Å². The Hall–Kier alpha value is -1.62. The first-order chi connectivity index (χ1) is 6.95. The van der Waals surface area contributed by atoms with Gasteiger partial charge in [0.1, 0.15) is 0 Å². The first-order valence-electron chi connectivity index (χ1n) is 4.33. The van der Waals surface area contributed by atoms with Crippen LogP contribution in [0, 0.1) is 0 Å². The summed E-state index contributed by atoms with van der Waals surface area (Å²) in [7, 11) is 0. The van der Waals surface area contributed by atoms with E-state index in [0.29, 0.717) is 0 Å². The molecule has 0 bridgehead atoms. The molecule has 5 nitrogen and oxygen atoms in total. The average molecular weight is 214 g/mol. The number of rotatable bonds is 6. The molecule has 0 saturated carbocycles. The van der Waals surface area contributed by atoms with Gasteiger partial charge in [0.05, 0.1) is 13.2 Å². The van der Waals surface area contributed by atoms with E-state index in [1.54, 1.807) is 0 Å². The standard InChI is InChI=1S/C10H14O5/c1-7(9(11)12)3-5-15-6-4-8(2)10(13)14/h3-4H,5-6H2,1-2H3,(H,11,12)(H,13,14). The van der Waals surface area contributed by atoms with Crippen LogP contribution >= 0.6 is 0 Å². The molecule has 0 unspecified atom stereocenters. The van der Waals surface area contributed by atoms with Gasteiger partial charge in [0.15, 0.2) is 0 Å². The molecule has 0 fully saturated rings. The first kappa shape index (κ1) is 13.4. The molecule has 0 amide bonds. The van der Waals surface area contributed by atoms with Crippen molar-refractivity contribution in [1.82, 2.24) is 0 Å². The lowest BCUT2D eigenvalue weighted by Gasteiger charge is -1.97. The van der Waals surface area contributed by atoms with E-state index in [4.69, 9.17) is 14.9 Å². The Kier molecular flexibility index (Phi) is 6.05. The summed E-state index contributed by atoms with van der Waals surface area (Å²) >= 11 is 0. The minimum absolute atomic E-state index is 0.154. The largest absolute Gasteiger partial charge is 0.478 e. The molecule has 0 atom stereocenters. The van der Waals surface area contributed by atoms with E-state index in [0.717, 1.165) is 0 Å². The van der Waals surface area contributed by atoms with Crippen molar-refractivity contribution in [2.75, 3.05) is 13.2 Å². The molecule has 0 radical (unpaired) electrons. The molecule has 0 spiro atoms. The van der Waals surface area contributed by atoms with Gasteiger partial charge in [-0.25, -0.2) is 9.59 Å². The topological polar surface area (TPSA) is 83.8 Å². The van der Waals surface area contributed by atoms with Gasteiger partial charge in [-0.2, -0.15) is 0 Å². The maximum absolute atomic E-state index is 10.3. The quantitative estimate of drug-likeness (QED) is 0.510. The van der Waals surface area contributed by atoms with Gasteiger partial charge in [-0.05, 0) is 26.0 Å². The molecule has 0 aromatic heterocycles. The molecule has 0 aromatic carbocycles. The number of aliphatic carboxylic acids is 2. The number of ether oxygens (including phenoxy) is 1. The van der Waals surface area contributed by atoms with Crippen LogP contribution in [0.5, 0.6) is 0 Å².